The zero-order chi connectivity index (χ0) is 34.1. The van der Waals surface area contributed by atoms with E-state index in [9.17, 15) is 18.0 Å². The van der Waals surface area contributed by atoms with Gasteiger partial charge in [0.15, 0.2) is 14.5 Å². The van der Waals surface area contributed by atoms with Crippen LogP contribution in [0.3, 0.4) is 0 Å². The molecule has 0 N–H and O–H groups in total. The molecule has 3 atom stereocenters. The standard InChI is InChI=1S/C33H42F6N2O3Si/c1-29(2,3)43-28(42)41-26(23-40(27(41)32(34,35)36)22-24-16-11-9-12-17-24)20-15-21-31(33(37,38)39,25-18-13-10-14-19-25)44-45(7,8)30(4,5)6/h9-14,16-19,26-27H,20,22-23H2,1-8H3/t26-,27+,31?/m0/s1. The normalized spacial score (nSPS) is 19.9. The Morgan fingerprint density at radius 1 is 0.889 bits per heavy atom. The van der Waals surface area contributed by atoms with Crippen LogP contribution in [0.15, 0.2) is 60.7 Å². The lowest BCUT2D eigenvalue weighted by Gasteiger charge is -2.44. The summed E-state index contributed by atoms with van der Waals surface area (Å²) in [5.41, 5.74) is -3.82. The number of amides is 1. The van der Waals surface area contributed by atoms with E-state index in [0.29, 0.717) is 10.5 Å². The van der Waals surface area contributed by atoms with Gasteiger partial charge in [0.1, 0.15) is 5.60 Å². The van der Waals surface area contributed by atoms with Crippen LogP contribution in [0.5, 0.6) is 0 Å². The smallest absolute Gasteiger partial charge is 0.432 e. The Morgan fingerprint density at radius 2 is 1.42 bits per heavy atom. The summed E-state index contributed by atoms with van der Waals surface area (Å²) in [5, 5.41) is -0.614. The molecule has 0 saturated carbocycles. The summed E-state index contributed by atoms with van der Waals surface area (Å²) in [6.45, 7) is 12.9. The van der Waals surface area contributed by atoms with E-state index in [1.54, 1.807) is 70.3 Å². The van der Waals surface area contributed by atoms with Gasteiger partial charge in [-0.2, -0.15) is 26.3 Å². The molecule has 0 aliphatic carbocycles. The molecule has 0 radical (unpaired) electrons. The van der Waals surface area contributed by atoms with Crippen LogP contribution >= 0.6 is 0 Å². The number of ether oxygens (including phenoxy) is 1. The van der Waals surface area contributed by atoms with Crippen molar-refractivity contribution in [2.24, 2.45) is 0 Å². The highest BCUT2D eigenvalue weighted by Crippen LogP contribution is 2.48. The molecule has 2 aromatic carbocycles. The summed E-state index contributed by atoms with van der Waals surface area (Å²) in [7, 11) is -3.13. The van der Waals surface area contributed by atoms with Crippen LogP contribution < -0.4 is 0 Å². The van der Waals surface area contributed by atoms with Gasteiger partial charge in [0.25, 0.3) is 0 Å². The third-order valence-electron chi connectivity index (χ3n) is 7.97. The van der Waals surface area contributed by atoms with E-state index < -0.39 is 61.6 Å². The molecule has 1 fully saturated rings. The van der Waals surface area contributed by atoms with Crippen LogP contribution in [0, 0.1) is 11.8 Å². The van der Waals surface area contributed by atoms with E-state index in [-0.39, 0.29) is 18.7 Å². The average molecular weight is 657 g/mol. The molecule has 12 heteroatoms. The minimum atomic E-state index is -4.99. The van der Waals surface area contributed by atoms with Crippen LogP contribution in [-0.2, 0) is 21.3 Å². The number of carbonyl (C=O) groups excluding carboxylic acids is 1. The van der Waals surface area contributed by atoms with Crippen molar-refractivity contribution >= 4 is 14.4 Å². The van der Waals surface area contributed by atoms with Crippen molar-refractivity contribution in [3.63, 3.8) is 0 Å². The number of benzene rings is 2. The van der Waals surface area contributed by atoms with Crippen molar-refractivity contribution in [3.05, 3.63) is 71.8 Å². The summed E-state index contributed by atoms with van der Waals surface area (Å²) >= 11 is 0. The van der Waals surface area contributed by atoms with Gasteiger partial charge in [-0.25, -0.2) is 4.79 Å². The monoisotopic (exact) mass is 656 g/mol. The van der Waals surface area contributed by atoms with E-state index in [0.717, 1.165) is 4.90 Å². The lowest BCUT2D eigenvalue weighted by atomic mass is 9.93. The molecule has 45 heavy (non-hydrogen) atoms. The van der Waals surface area contributed by atoms with Crippen molar-refractivity contribution in [1.82, 2.24) is 9.80 Å². The summed E-state index contributed by atoms with van der Waals surface area (Å²) in [4.78, 5) is 14.9. The number of hydrogen-bond acceptors (Lipinski definition) is 4. The first-order valence-corrected chi connectivity index (χ1v) is 17.6. The van der Waals surface area contributed by atoms with Gasteiger partial charge in [0.2, 0.25) is 5.60 Å². The van der Waals surface area contributed by atoms with Crippen LogP contribution in [-0.4, -0.2) is 60.9 Å². The van der Waals surface area contributed by atoms with Gasteiger partial charge in [-0.05, 0) is 44.5 Å². The Hall–Kier alpha value is -3.01. The summed E-state index contributed by atoms with van der Waals surface area (Å²) in [6.07, 6.45) is -14.0. The Bertz CT molecular complexity index is 1360. The Morgan fingerprint density at radius 3 is 1.89 bits per heavy atom. The second-order valence-electron chi connectivity index (χ2n) is 13.8. The van der Waals surface area contributed by atoms with E-state index in [4.69, 9.17) is 9.16 Å². The second kappa shape index (κ2) is 13.0. The molecule has 1 amide bonds. The lowest BCUT2D eigenvalue weighted by Crippen LogP contribution is -2.54. The number of carbonyl (C=O) groups is 1. The minimum absolute atomic E-state index is 0.154. The number of rotatable bonds is 6. The first-order chi connectivity index (χ1) is 20.5. The highest BCUT2D eigenvalue weighted by Gasteiger charge is 2.61. The van der Waals surface area contributed by atoms with Gasteiger partial charge >= 0.3 is 18.4 Å². The third kappa shape index (κ3) is 8.63. The predicted molar refractivity (Wildman–Crippen MR) is 163 cm³/mol. The molecule has 0 bridgehead atoms. The van der Waals surface area contributed by atoms with Crippen molar-refractivity contribution in [2.45, 2.75) is 108 Å². The average Bonchev–Trinajstić information content (AvgIpc) is 3.25. The van der Waals surface area contributed by atoms with Crippen molar-refractivity contribution < 1.29 is 40.3 Å². The lowest BCUT2D eigenvalue weighted by molar-refractivity contribution is -0.234. The first-order valence-electron chi connectivity index (χ1n) is 14.7. The SMILES string of the molecule is CC(C)(C)OC(=O)N1[C@@H](CC#CC(O[Si](C)(C)C(C)(C)C)(c2ccccc2)C(F)(F)F)CN(Cc2ccccc2)[C@H]1C(F)(F)F. The van der Waals surface area contributed by atoms with E-state index in [2.05, 4.69) is 11.8 Å². The minimum Gasteiger partial charge on any atom is -0.444 e. The highest BCUT2D eigenvalue weighted by molar-refractivity contribution is 6.74. The molecule has 1 saturated heterocycles. The maximum absolute atomic E-state index is 15.1. The Balaban J connectivity index is 2.13. The number of halogens is 6. The fourth-order valence-corrected chi connectivity index (χ4v) is 6.20. The summed E-state index contributed by atoms with van der Waals surface area (Å²) < 4.78 is 101. The van der Waals surface area contributed by atoms with E-state index in [1.165, 1.54) is 45.0 Å². The van der Waals surface area contributed by atoms with Gasteiger partial charge in [-0.3, -0.25) is 9.80 Å². The van der Waals surface area contributed by atoms with Gasteiger partial charge in [-0.1, -0.05) is 93.3 Å². The molecule has 1 aliphatic rings. The molecule has 0 spiro atoms. The van der Waals surface area contributed by atoms with Crippen LogP contribution in [0.25, 0.3) is 0 Å². The summed E-state index contributed by atoms with van der Waals surface area (Å²) in [5.74, 6) is 4.86. The van der Waals surface area contributed by atoms with Crippen LogP contribution in [0.2, 0.25) is 18.1 Å². The number of alkyl halides is 6. The van der Waals surface area contributed by atoms with E-state index >= 15 is 13.2 Å². The Labute approximate surface area is 263 Å². The van der Waals surface area contributed by atoms with Crippen molar-refractivity contribution in [3.8, 4) is 11.8 Å². The summed E-state index contributed by atoms with van der Waals surface area (Å²) in [6, 6.07) is 14.2. The third-order valence-corrected chi connectivity index (χ3v) is 12.4. The molecule has 248 valence electrons. The van der Waals surface area contributed by atoms with Crippen LogP contribution in [0.4, 0.5) is 31.1 Å². The molecule has 3 rings (SSSR count). The first kappa shape index (κ1) is 36.5. The Kier molecular flexibility index (Phi) is 10.5. The highest BCUT2D eigenvalue weighted by atomic mass is 28.4. The molecule has 1 aliphatic heterocycles. The predicted octanol–water partition coefficient (Wildman–Crippen LogP) is 8.87. The number of nitrogens with zero attached hydrogens (tertiary/aromatic N) is 2. The van der Waals surface area contributed by atoms with Crippen molar-refractivity contribution in [2.75, 3.05) is 6.54 Å². The van der Waals surface area contributed by atoms with Gasteiger partial charge in [0, 0.05) is 25.1 Å². The maximum atomic E-state index is 15.1. The molecular weight excluding hydrogens is 614 g/mol. The van der Waals surface area contributed by atoms with Gasteiger partial charge < -0.3 is 9.16 Å². The zero-order valence-corrected chi connectivity index (χ0v) is 27.9. The second-order valence-corrected chi connectivity index (χ2v) is 18.5. The molecule has 5 nitrogen and oxygen atoms in total. The molecule has 0 aromatic heterocycles. The fraction of sp³-hybridized carbons (Fsp3) is 0.545. The van der Waals surface area contributed by atoms with E-state index in [1.807, 2.05) is 0 Å². The quantitative estimate of drug-likeness (QED) is 0.177. The molecule has 1 heterocycles. The zero-order valence-electron chi connectivity index (χ0n) is 26.9. The van der Waals surface area contributed by atoms with Crippen molar-refractivity contribution in [1.29, 1.82) is 0 Å². The largest absolute Gasteiger partial charge is 0.444 e. The maximum Gasteiger partial charge on any atom is 0.432 e. The molecule has 2 aromatic rings. The topological polar surface area (TPSA) is 42.0 Å². The van der Waals surface area contributed by atoms with Gasteiger partial charge in [-0.15, -0.1) is 0 Å². The molecular formula is C33H42F6N2O3Si. The fourth-order valence-electron chi connectivity index (χ4n) is 4.85. The van der Waals surface area contributed by atoms with Gasteiger partial charge in [0.05, 0.1) is 6.04 Å². The molecule has 1 unspecified atom stereocenters. The number of hydrogen-bond donors (Lipinski definition) is 0. The van der Waals surface area contributed by atoms with Crippen LogP contribution in [0.1, 0.15) is 59.1 Å².